The molecule has 25 heteroatoms. The van der Waals surface area contributed by atoms with E-state index in [1.54, 1.807) is 6.92 Å². The molecule has 8 fully saturated rings. The van der Waals surface area contributed by atoms with Gasteiger partial charge in [-0.15, -0.1) is 0 Å². The molecule has 15 N–H and O–H groups in total. The molecule has 452 valence electrons. The monoisotopic (exact) mass is 1130 g/mol. The van der Waals surface area contributed by atoms with Crippen molar-refractivity contribution in [1.82, 2.24) is 0 Å². The molecule has 0 amide bonds. The Morgan fingerprint density at radius 2 is 1.04 bits per heavy atom. The molecule has 9 aliphatic rings. The Morgan fingerprint density at radius 1 is 0.532 bits per heavy atom. The molecular weight excluding hydrogens is 1050 g/mol. The lowest BCUT2D eigenvalue weighted by Gasteiger charge is -2.71. The fourth-order valence-electron chi connectivity index (χ4n) is 16.2. The summed E-state index contributed by atoms with van der Waals surface area (Å²) in [4.78, 5) is 30.0. The van der Waals surface area contributed by atoms with Gasteiger partial charge in [-0.1, -0.05) is 46.3 Å². The van der Waals surface area contributed by atoms with Crippen LogP contribution in [0.15, 0.2) is 11.6 Å². The van der Waals surface area contributed by atoms with Crippen molar-refractivity contribution in [2.45, 2.75) is 235 Å². The molecule has 0 aromatic heterocycles. The number of carbonyl (C=O) groups excluding carboxylic acids is 2. The molecule has 0 aromatic rings. The average molecular weight is 1140 g/mol. The number of hydrogen-bond acceptors (Lipinski definition) is 25. The zero-order valence-corrected chi connectivity index (χ0v) is 45.6. The third-order valence-electron chi connectivity index (χ3n) is 21.5. The summed E-state index contributed by atoms with van der Waals surface area (Å²) in [6, 6.07) is 0. The maximum absolute atomic E-state index is 15.5. The second-order valence-corrected chi connectivity index (χ2v) is 26.1. The Kier molecular flexibility index (Phi) is 17.4. The van der Waals surface area contributed by atoms with Crippen LogP contribution >= 0.6 is 0 Å². The molecule has 0 unspecified atom stereocenters. The smallest absolute Gasteiger partial charge is 0.317 e. The van der Waals surface area contributed by atoms with Gasteiger partial charge in [-0.05, 0) is 111 Å². The van der Waals surface area contributed by atoms with Gasteiger partial charge < -0.3 is 114 Å². The summed E-state index contributed by atoms with van der Waals surface area (Å²) in [6.45, 7) is 9.58. The topological polar surface area (TPSA) is 411 Å². The number of hydrogen-bond donors (Lipinski definition) is 15. The molecule has 4 heterocycles. The van der Waals surface area contributed by atoms with Crippen LogP contribution in [0.4, 0.5) is 0 Å². The van der Waals surface area contributed by atoms with E-state index in [1.165, 1.54) is 0 Å². The van der Waals surface area contributed by atoms with Crippen molar-refractivity contribution >= 4 is 11.9 Å². The first-order valence-electron chi connectivity index (χ1n) is 28.0. The van der Waals surface area contributed by atoms with Crippen molar-refractivity contribution in [2.24, 2.45) is 50.2 Å². The highest BCUT2D eigenvalue weighted by Gasteiger charge is 2.72. The van der Waals surface area contributed by atoms with Crippen LogP contribution in [0.5, 0.6) is 0 Å². The average Bonchev–Trinajstić information content (AvgIpc) is 3.58. The minimum Gasteiger partial charge on any atom is -0.432 e. The summed E-state index contributed by atoms with van der Waals surface area (Å²) in [5.74, 6) is -2.42. The van der Waals surface area contributed by atoms with Gasteiger partial charge in [0.2, 0.25) is 12.6 Å². The summed E-state index contributed by atoms with van der Waals surface area (Å²) in [7, 11) is 0. The number of esters is 2. The molecule has 4 saturated carbocycles. The van der Waals surface area contributed by atoms with E-state index in [1.807, 2.05) is 0 Å². The summed E-state index contributed by atoms with van der Waals surface area (Å²) < 4.78 is 46.5. The Balaban J connectivity index is 0.991. The summed E-state index contributed by atoms with van der Waals surface area (Å²) in [6.07, 6.45) is -29.1. The van der Waals surface area contributed by atoms with E-state index in [4.69, 9.17) is 37.9 Å². The standard InChI is InChI=1S/C54H86O25/c1-49(2)13-15-54(48(71)79-46-41(69)42(77-44-39(67)36(64)32(60)25(19-56)74-44)34(62)27(76-46)21-72-43-38(66)35(63)31(59)24(18-55)73-43)16-14-51(4)22(23(54)17-49)7-8-28-50(3)11-10-30(58)53(6,29(50)9-12-52(28,51)5)47(70)78-45-40(68)37(65)33(61)26(20-57)75-45/h7,23-46,55-69H,8-21H2,1-6H3/t23-,24+,25+,26+,27+,28+,29+,30-,31-,32+,33-,34-,35-,36-,37-,38+,39+,40+,41+,42-,43+,44-,45-,46-,50+,51+,52+,53-,54-/m0/s1. The minimum absolute atomic E-state index is 0.0459. The number of allylic oxidation sites excluding steroid dienone is 2. The van der Waals surface area contributed by atoms with Crippen LogP contribution in [-0.4, -0.2) is 244 Å². The largest absolute Gasteiger partial charge is 0.432 e. The lowest BCUT2D eigenvalue weighted by atomic mass is 9.33. The highest BCUT2D eigenvalue weighted by molar-refractivity contribution is 5.79. The lowest BCUT2D eigenvalue weighted by molar-refractivity contribution is -0.363. The van der Waals surface area contributed by atoms with E-state index in [-0.39, 0.29) is 17.8 Å². The van der Waals surface area contributed by atoms with Gasteiger partial charge in [0.25, 0.3) is 0 Å². The number of rotatable bonds is 12. The predicted octanol–water partition coefficient (Wildman–Crippen LogP) is -3.54. The highest BCUT2D eigenvalue weighted by Crippen LogP contribution is 2.76. The van der Waals surface area contributed by atoms with Gasteiger partial charge in [0.15, 0.2) is 12.6 Å². The van der Waals surface area contributed by atoms with E-state index < -0.39 is 206 Å². The maximum atomic E-state index is 15.5. The second kappa shape index (κ2) is 22.4. The summed E-state index contributed by atoms with van der Waals surface area (Å²) in [5.41, 5.74) is -3.34. The Hall–Kier alpha value is -2.16. The third-order valence-corrected chi connectivity index (χ3v) is 21.5. The second-order valence-electron chi connectivity index (χ2n) is 26.1. The first kappa shape index (κ1) is 61.4. The van der Waals surface area contributed by atoms with Gasteiger partial charge in [-0.25, -0.2) is 0 Å². The van der Waals surface area contributed by atoms with Crippen molar-refractivity contribution in [1.29, 1.82) is 0 Å². The minimum atomic E-state index is -2.03. The van der Waals surface area contributed by atoms with Crippen LogP contribution < -0.4 is 0 Å². The van der Waals surface area contributed by atoms with Crippen molar-refractivity contribution < 1.29 is 124 Å². The van der Waals surface area contributed by atoms with E-state index in [9.17, 15) is 81.4 Å². The molecule has 4 aliphatic heterocycles. The van der Waals surface area contributed by atoms with Crippen LogP contribution in [0, 0.1) is 50.2 Å². The van der Waals surface area contributed by atoms with Crippen LogP contribution in [0.2, 0.25) is 0 Å². The SMILES string of the molecule is CC1(C)CC[C@]2(C(=O)O[C@@H]3O[C@H](CO[C@@H]4O[C@H](CO)[C@H](O)[C@H](O)[C@H]4O)[C@H](O)[C@H](O[C@@H]4O[C@H](CO)[C@@H](O)[C@H](O)[C@H]4O)[C@H]3O)CC[C@]3(C)C(=CC[C@@H]4[C@@]5(C)CC[C@H](O)[C@@](C)(C(=O)O[C@@H]6O[C@H](CO)[C@H](O)[C@H](O)[C@H]6O)[C@@H]5CC[C@]43C)[C@@H]2C1. The third kappa shape index (κ3) is 9.95. The molecular formula is C54H86O25. The van der Waals surface area contributed by atoms with Crippen LogP contribution in [0.25, 0.3) is 0 Å². The summed E-state index contributed by atoms with van der Waals surface area (Å²) in [5, 5.41) is 160. The lowest BCUT2D eigenvalue weighted by Crippen LogP contribution is -2.67. The number of fused-ring (bicyclic) bond motifs is 7. The zero-order chi connectivity index (χ0) is 57.9. The van der Waals surface area contributed by atoms with Crippen LogP contribution in [0.3, 0.4) is 0 Å². The normalized spacial score (nSPS) is 53.5. The summed E-state index contributed by atoms with van der Waals surface area (Å²) >= 11 is 0. The number of aliphatic hydroxyl groups is 15. The fourth-order valence-corrected chi connectivity index (χ4v) is 16.2. The quantitative estimate of drug-likeness (QED) is 0.0665. The molecule has 0 radical (unpaired) electrons. The van der Waals surface area contributed by atoms with Crippen molar-refractivity contribution in [3.63, 3.8) is 0 Å². The van der Waals surface area contributed by atoms with Crippen molar-refractivity contribution in [2.75, 3.05) is 26.4 Å². The number of ether oxygens (including phenoxy) is 8. The Labute approximate surface area is 457 Å². The van der Waals surface area contributed by atoms with Crippen molar-refractivity contribution in [3.05, 3.63) is 11.6 Å². The highest BCUT2D eigenvalue weighted by atomic mass is 16.8. The van der Waals surface area contributed by atoms with Gasteiger partial charge in [0.05, 0.1) is 43.4 Å². The number of aliphatic hydroxyl groups excluding tert-OH is 15. The zero-order valence-electron chi connectivity index (χ0n) is 45.6. The first-order valence-corrected chi connectivity index (χ1v) is 28.0. The van der Waals surface area contributed by atoms with Gasteiger partial charge in [-0.2, -0.15) is 0 Å². The maximum Gasteiger partial charge on any atom is 0.317 e. The molecule has 0 bridgehead atoms. The van der Waals surface area contributed by atoms with Gasteiger partial charge in [-0.3, -0.25) is 9.59 Å². The van der Waals surface area contributed by atoms with E-state index >= 15 is 4.79 Å². The van der Waals surface area contributed by atoms with E-state index in [2.05, 4.69) is 40.7 Å². The molecule has 4 saturated heterocycles. The van der Waals surface area contributed by atoms with Crippen LogP contribution in [-0.2, 0) is 47.5 Å². The van der Waals surface area contributed by atoms with Gasteiger partial charge in [0.1, 0.15) is 97.7 Å². The molecule has 0 aromatic carbocycles. The van der Waals surface area contributed by atoms with Gasteiger partial charge >= 0.3 is 11.9 Å². The van der Waals surface area contributed by atoms with E-state index in [0.29, 0.717) is 57.8 Å². The molecule has 29 atom stereocenters. The fraction of sp³-hybridized carbons (Fsp3) is 0.926. The van der Waals surface area contributed by atoms with Crippen molar-refractivity contribution in [3.8, 4) is 0 Å². The first-order chi connectivity index (χ1) is 37.0. The molecule has 5 aliphatic carbocycles. The van der Waals surface area contributed by atoms with Gasteiger partial charge in [0, 0.05) is 0 Å². The molecule has 25 nitrogen and oxygen atoms in total. The predicted molar refractivity (Wildman–Crippen MR) is 264 cm³/mol. The Morgan fingerprint density at radius 3 is 1.63 bits per heavy atom. The van der Waals surface area contributed by atoms with E-state index in [0.717, 1.165) is 5.57 Å². The number of carbonyl (C=O) groups is 2. The molecule has 79 heavy (non-hydrogen) atoms. The Bertz CT molecular complexity index is 2220. The van der Waals surface area contributed by atoms with Crippen LogP contribution in [0.1, 0.15) is 106 Å². The molecule has 9 rings (SSSR count). The molecule has 0 spiro atoms.